The number of anilines is 1. The van der Waals surface area contributed by atoms with Crippen LogP contribution in [0.3, 0.4) is 0 Å². The Kier molecular flexibility index (Phi) is 4.45. The van der Waals surface area contributed by atoms with E-state index in [0.717, 1.165) is 18.8 Å². The summed E-state index contributed by atoms with van der Waals surface area (Å²) in [5.74, 6) is 0.992. The molecule has 0 heterocycles. The molecular weight excluding hydrogens is 262 g/mol. The molecule has 21 heavy (non-hydrogen) atoms. The summed E-state index contributed by atoms with van der Waals surface area (Å²) in [6, 6.07) is 6.43. The number of aromatic hydroxyl groups is 1. The largest absolute Gasteiger partial charge is 0.506 e. The lowest BCUT2D eigenvalue weighted by Crippen LogP contribution is -2.36. The molecule has 116 valence electrons. The second kappa shape index (κ2) is 5.96. The van der Waals surface area contributed by atoms with Gasteiger partial charge in [-0.1, -0.05) is 26.8 Å². The van der Waals surface area contributed by atoms with E-state index < -0.39 is 0 Å². The van der Waals surface area contributed by atoms with Crippen LogP contribution in [-0.2, 0) is 5.41 Å². The highest BCUT2D eigenvalue weighted by atomic mass is 16.3. The van der Waals surface area contributed by atoms with Crippen molar-refractivity contribution in [2.24, 2.45) is 4.99 Å². The molecule has 0 atom stereocenters. The number of guanidine groups is 1. The first-order chi connectivity index (χ1) is 9.75. The summed E-state index contributed by atoms with van der Waals surface area (Å²) in [6.07, 6.45) is 2.30. The topological polar surface area (TPSA) is 56.7 Å². The van der Waals surface area contributed by atoms with Gasteiger partial charge in [-0.25, -0.2) is 4.99 Å². The first-order valence-electron chi connectivity index (χ1n) is 7.70. The van der Waals surface area contributed by atoms with Gasteiger partial charge in [-0.3, -0.25) is 0 Å². The lowest BCUT2D eigenvalue weighted by molar-refractivity contribution is 0.476. The van der Waals surface area contributed by atoms with Gasteiger partial charge in [0.15, 0.2) is 5.96 Å². The number of benzene rings is 1. The van der Waals surface area contributed by atoms with Gasteiger partial charge in [0.1, 0.15) is 5.75 Å². The highest BCUT2D eigenvalue weighted by Gasteiger charge is 2.22. The minimum absolute atomic E-state index is 0.0450. The SMILES string of the molecule is CC(C)NC(=NC1CC1)Nc1cc(C(C)(C)C)ccc1O. The summed E-state index contributed by atoms with van der Waals surface area (Å²) in [4.78, 5) is 4.64. The molecule has 0 spiro atoms. The second-order valence-electron chi connectivity index (χ2n) is 7.11. The summed E-state index contributed by atoms with van der Waals surface area (Å²) in [5.41, 5.74) is 1.93. The fourth-order valence-corrected chi connectivity index (χ4v) is 2.00. The normalized spacial score (nSPS) is 16.2. The third-order valence-corrected chi connectivity index (χ3v) is 3.40. The molecule has 1 aliphatic carbocycles. The lowest BCUT2D eigenvalue weighted by atomic mass is 9.87. The minimum atomic E-state index is 0.0450. The number of aliphatic imine (C=N–C) groups is 1. The van der Waals surface area contributed by atoms with Crippen molar-refractivity contribution in [3.63, 3.8) is 0 Å². The highest BCUT2D eigenvalue weighted by Crippen LogP contribution is 2.31. The van der Waals surface area contributed by atoms with Gasteiger partial charge in [-0.05, 0) is 49.8 Å². The molecule has 0 radical (unpaired) electrons. The van der Waals surface area contributed by atoms with E-state index in [4.69, 9.17) is 0 Å². The van der Waals surface area contributed by atoms with Crippen molar-refractivity contribution in [3.8, 4) is 5.75 Å². The van der Waals surface area contributed by atoms with Crippen LogP contribution < -0.4 is 10.6 Å². The van der Waals surface area contributed by atoms with Gasteiger partial charge in [0.2, 0.25) is 0 Å². The maximum Gasteiger partial charge on any atom is 0.196 e. The van der Waals surface area contributed by atoms with Gasteiger partial charge in [-0.2, -0.15) is 0 Å². The quantitative estimate of drug-likeness (QED) is 0.452. The van der Waals surface area contributed by atoms with Gasteiger partial charge in [0.25, 0.3) is 0 Å². The molecule has 1 saturated carbocycles. The van der Waals surface area contributed by atoms with Crippen LogP contribution in [0.5, 0.6) is 5.75 Å². The van der Waals surface area contributed by atoms with E-state index in [-0.39, 0.29) is 11.2 Å². The zero-order valence-electron chi connectivity index (χ0n) is 13.7. The molecule has 3 N–H and O–H groups in total. The van der Waals surface area contributed by atoms with Gasteiger partial charge in [-0.15, -0.1) is 0 Å². The Bertz CT molecular complexity index is 525. The fraction of sp³-hybridized carbons (Fsp3) is 0.588. The highest BCUT2D eigenvalue weighted by molar-refractivity contribution is 5.95. The molecule has 1 aromatic carbocycles. The van der Waals surface area contributed by atoms with E-state index >= 15 is 0 Å². The summed E-state index contributed by atoms with van der Waals surface area (Å²) < 4.78 is 0. The van der Waals surface area contributed by atoms with Crippen molar-refractivity contribution in [3.05, 3.63) is 23.8 Å². The Labute approximate surface area is 127 Å². The van der Waals surface area contributed by atoms with Crippen molar-refractivity contribution >= 4 is 11.6 Å². The van der Waals surface area contributed by atoms with Crippen LogP contribution in [0.15, 0.2) is 23.2 Å². The molecule has 0 bridgehead atoms. The maximum absolute atomic E-state index is 10.1. The zero-order valence-corrected chi connectivity index (χ0v) is 13.7. The van der Waals surface area contributed by atoms with E-state index in [1.807, 2.05) is 12.1 Å². The third-order valence-electron chi connectivity index (χ3n) is 3.40. The van der Waals surface area contributed by atoms with Crippen LogP contribution in [0, 0.1) is 0 Å². The van der Waals surface area contributed by atoms with Crippen molar-refractivity contribution in [2.45, 2.75) is 65.0 Å². The van der Waals surface area contributed by atoms with E-state index in [1.54, 1.807) is 6.07 Å². The van der Waals surface area contributed by atoms with Gasteiger partial charge >= 0.3 is 0 Å². The second-order valence-corrected chi connectivity index (χ2v) is 7.11. The van der Waals surface area contributed by atoms with E-state index in [9.17, 15) is 5.11 Å². The maximum atomic E-state index is 10.1. The number of phenolic OH excluding ortho intramolecular Hbond substituents is 1. The molecule has 0 aromatic heterocycles. The van der Waals surface area contributed by atoms with Crippen LogP contribution >= 0.6 is 0 Å². The molecule has 4 heteroatoms. The number of nitrogens with zero attached hydrogens (tertiary/aromatic N) is 1. The van der Waals surface area contributed by atoms with E-state index in [2.05, 4.69) is 50.2 Å². The average molecular weight is 289 g/mol. The number of nitrogens with one attached hydrogen (secondary N) is 2. The molecule has 1 aliphatic rings. The van der Waals surface area contributed by atoms with Crippen LogP contribution in [0.2, 0.25) is 0 Å². The Hall–Kier alpha value is -1.71. The number of hydrogen-bond acceptors (Lipinski definition) is 2. The summed E-state index contributed by atoms with van der Waals surface area (Å²) in [5, 5.41) is 16.7. The average Bonchev–Trinajstić information content (AvgIpc) is 3.13. The third kappa shape index (κ3) is 4.66. The standard InChI is InChI=1S/C17H27N3O/c1-11(2)18-16(19-13-7-8-13)20-14-10-12(17(3,4)5)6-9-15(14)21/h6,9-11,13,21H,7-8H2,1-5H3,(H2,18,19,20). The summed E-state index contributed by atoms with van der Waals surface area (Å²) >= 11 is 0. The molecule has 1 aromatic rings. The van der Waals surface area contributed by atoms with Crippen LogP contribution in [0.1, 0.15) is 53.0 Å². The minimum Gasteiger partial charge on any atom is -0.506 e. The van der Waals surface area contributed by atoms with Gasteiger partial charge < -0.3 is 15.7 Å². The predicted molar refractivity (Wildman–Crippen MR) is 89.2 cm³/mol. The van der Waals surface area contributed by atoms with Gasteiger partial charge in [0.05, 0.1) is 11.7 Å². The molecule has 2 rings (SSSR count). The zero-order chi connectivity index (χ0) is 15.6. The Morgan fingerprint density at radius 2 is 1.95 bits per heavy atom. The Balaban J connectivity index is 2.23. The van der Waals surface area contributed by atoms with Crippen molar-refractivity contribution in [1.29, 1.82) is 0 Å². The Morgan fingerprint density at radius 3 is 2.48 bits per heavy atom. The fourth-order valence-electron chi connectivity index (χ4n) is 2.00. The predicted octanol–water partition coefficient (Wildman–Crippen LogP) is 3.62. The Morgan fingerprint density at radius 1 is 1.29 bits per heavy atom. The smallest absolute Gasteiger partial charge is 0.196 e. The van der Waals surface area contributed by atoms with Crippen molar-refractivity contribution in [2.75, 3.05) is 5.32 Å². The number of hydrogen-bond donors (Lipinski definition) is 3. The molecule has 4 nitrogen and oxygen atoms in total. The van der Waals surface area contributed by atoms with Crippen LogP contribution in [-0.4, -0.2) is 23.1 Å². The van der Waals surface area contributed by atoms with Crippen LogP contribution in [0.25, 0.3) is 0 Å². The molecule has 0 aliphatic heterocycles. The number of rotatable bonds is 3. The van der Waals surface area contributed by atoms with Crippen molar-refractivity contribution < 1.29 is 5.11 Å². The molecule has 1 fully saturated rings. The summed E-state index contributed by atoms with van der Waals surface area (Å²) in [6.45, 7) is 10.6. The van der Waals surface area contributed by atoms with E-state index in [0.29, 0.717) is 17.8 Å². The first-order valence-corrected chi connectivity index (χ1v) is 7.70. The molecule has 0 amide bonds. The lowest BCUT2D eigenvalue weighted by Gasteiger charge is -2.21. The van der Waals surface area contributed by atoms with Gasteiger partial charge in [0, 0.05) is 6.04 Å². The molecule has 0 saturated heterocycles. The molecular formula is C17H27N3O. The first kappa shape index (κ1) is 15.7. The monoisotopic (exact) mass is 289 g/mol. The molecule has 0 unspecified atom stereocenters. The number of phenols is 1. The van der Waals surface area contributed by atoms with Crippen molar-refractivity contribution in [1.82, 2.24) is 5.32 Å². The van der Waals surface area contributed by atoms with E-state index in [1.165, 1.54) is 5.56 Å². The van der Waals surface area contributed by atoms with Crippen LogP contribution in [0.4, 0.5) is 5.69 Å². The summed E-state index contributed by atoms with van der Waals surface area (Å²) in [7, 11) is 0.